The second kappa shape index (κ2) is 6.57. The maximum Gasteiger partial charge on any atom is 0.182 e. The van der Waals surface area contributed by atoms with Crippen molar-refractivity contribution >= 4 is 40.2 Å². The van der Waals surface area contributed by atoms with Gasteiger partial charge in [0, 0.05) is 27.3 Å². The number of thiophene rings is 1. The van der Waals surface area contributed by atoms with Gasteiger partial charge in [-0.15, -0.1) is 11.3 Å². The fourth-order valence-corrected chi connectivity index (χ4v) is 3.68. The number of nitrogens with zero attached hydrogens (tertiary/aromatic N) is 1. The van der Waals surface area contributed by atoms with Crippen LogP contribution >= 0.6 is 23.6 Å². The van der Waals surface area contributed by atoms with Gasteiger partial charge in [-0.05, 0) is 25.2 Å². The van der Waals surface area contributed by atoms with Crippen molar-refractivity contribution < 1.29 is 4.79 Å². The Labute approximate surface area is 143 Å². The van der Waals surface area contributed by atoms with E-state index in [9.17, 15) is 4.79 Å². The molecule has 1 atom stereocenters. The van der Waals surface area contributed by atoms with E-state index in [-0.39, 0.29) is 10.9 Å². The zero-order valence-corrected chi connectivity index (χ0v) is 14.1. The van der Waals surface area contributed by atoms with Crippen molar-refractivity contribution in [1.82, 2.24) is 10.7 Å². The number of carbonyl (C=O) groups excluding carboxylic acids is 1. The van der Waals surface area contributed by atoms with E-state index in [1.54, 1.807) is 11.3 Å². The van der Waals surface area contributed by atoms with Crippen molar-refractivity contribution in [1.29, 1.82) is 0 Å². The molecular formula is C16H16N4OS2. The van der Waals surface area contributed by atoms with Gasteiger partial charge < -0.3 is 10.7 Å². The van der Waals surface area contributed by atoms with Crippen LogP contribution in [0.1, 0.15) is 20.9 Å². The number of nitrogens with two attached hydrogens (primary N) is 1. The second-order valence-electron chi connectivity index (χ2n) is 5.20. The first-order valence-electron chi connectivity index (χ1n) is 7.11. The summed E-state index contributed by atoms with van der Waals surface area (Å²) < 4.78 is 0. The number of Topliss-reactive ketones (excluding diaryl/α,β-unsaturated/α-hetero) is 1. The zero-order valence-electron chi connectivity index (χ0n) is 12.5. The molecule has 2 heterocycles. The molecule has 23 heavy (non-hydrogen) atoms. The number of aryl methyl sites for hydroxylation is 1. The summed E-state index contributed by atoms with van der Waals surface area (Å²) in [6.45, 7) is 2.04. The maximum atomic E-state index is 12.5. The molecule has 3 rings (SSSR count). The number of rotatable bonds is 2. The number of hydrogen-bond donors (Lipinski definition) is 3. The summed E-state index contributed by atoms with van der Waals surface area (Å²) in [6, 6.07) is 11.9. The van der Waals surface area contributed by atoms with Gasteiger partial charge in [0.05, 0.1) is 5.71 Å². The van der Waals surface area contributed by atoms with Crippen LogP contribution in [0.2, 0.25) is 0 Å². The lowest BCUT2D eigenvalue weighted by molar-refractivity contribution is -0.119. The summed E-state index contributed by atoms with van der Waals surface area (Å²) in [5.41, 5.74) is 5.12. The van der Waals surface area contributed by atoms with E-state index < -0.39 is 6.17 Å². The third-order valence-electron chi connectivity index (χ3n) is 3.53. The number of hydrogen-bond acceptors (Lipinski definition) is 5. The van der Waals surface area contributed by atoms with E-state index in [0.29, 0.717) is 6.42 Å². The molecule has 1 aromatic heterocycles. The van der Waals surface area contributed by atoms with Gasteiger partial charge in [0.25, 0.3) is 0 Å². The minimum atomic E-state index is -0.742. The highest BCUT2D eigenvalue weighted by atomic mass is 32.1. The Balaban J connectivity index is 2.10. The molecule has 118 valence electrons. The van der Waals surface area contributed by atoms with Gasteiger partial charge in [-0.2, -0.15) is 0 Å². The maximum absolute atomic E-state index is 12.5. The van der Waals surface area contributed by atoms with Gasteiger partial charge >= 0.3 is 0 Å². The van der Waals surface area contributed by atoms with Crippen LogP contribution in [0.5, 0.6) is 0 Å². The fraction of sp³-hybridized carbons (Fsp3) is 0.188. The van der Waals surface area contributed by atoms with E-state index in [0.717, 1.165) is 26.6 Å². The largest absolute Gasteiger partial charge is 0.334 e. The number of ketones is 1. The fourth-order valence-electron chi connectivity index (χ4n) is 2.52. The van der Waals surface area contributed by atoms with Gasteiger partial charge in [0.1, 0.15) is 0 Å². The van der Waals surface area contributed by atoms with Crippen molar-refractivity contribution in [2.24, 2.45) is 10.8 Å². The summed E-state index contributed by atoms with van der Waals surface area (Å²) in [5.74, 6) is 5.26. The lowest BCUT2D eigenvalue weighted by atomic mass is 10.0. The van der Waals surface area contributed by atoms with Crippen LogP contribution in [0.3, 0.4) is 0 Å². The number of aliphatic imine (C=N–C) groups is 1. The highest BCUT2D eigenvalue weighted by molar-refractivity contribution is 7.80. The summed E-state index contributed by atoms with van der Waals surface area (Å²) in [7, 11) is 0. The van der Waals surface area contributed by atoms with Gasteiger partial charge in [-0.3, -0.25) is 9.79 Å². The first-order chi connectivity index (χ1) is 11.1. The molecule has 0 aliphatic carbocycles. The molecule has 1 aromatic carbocycles. The minimum absolute atomic E-state index is 0.0309. The van der Waals surface area contributed by atoms with Crippen molar-refractivity contribution in [2.45, 2.75) is 19.5 Å². The zero-order chi connectivity index (χ0) is 16.4. The van der Waals surface area contributed by atoms with Crippen molar-refractivity contribution in [3.8, 4) is 0 Å². The number of thiocarbonyl (C=S) groups is 1. The molecule has 0 fully saturated rings. The van der Waals surface area contributed by atoms with Crippen molar-refractivity contribution in [3.05, 3.63) is 57.3 Å². The Morgan fingerprint density at radius 1 is 1.39 bits per heavy atom. The topological polar surface area (TPSA) is 79.5 Å². The molecule has 0 saturated heterocycles. The SMILES string of the molecule is Cc1cc2c(s1)CC(=O)C(NC(=S)NN)N=C2c1ccccc1. The second-order valence-corrected chi connectivity index (χ2v) is 6.95. The van der Waals surface area contributed by atoms with Crippen LogP contribution in [0, 0.1) is 6.92 Å². The van der Waals surface area contributed by atoms with Gasteiger partial charge in [0.15, 0.2) is 17.1 Å². The third-order valence-corrected chi connectivity index (χ3v) is 4.82. The summed E-state index contributed by atoms with van der Waals surface area (Å²) in [6.07, 6.45) is -0.410. The Kier molecular flexibility index (Phi) is 4.51. The quantitative estimate of drug-likeness (QED) is 0.439. The summed E-state index contributed by atoms with van der Waals surface area (Å²) in [5, 5.41) is 3.06. The molecule has 0 bridgehead atoms. The van der Waals surface area contributed by atoms with E-state index in [4.69, 9.17) is 18.1 Å². The van der Waals surface area contributed by atoms with Crippen LogP contribution in [-0.4, -0.2) is 22.8 Å². The van der Waals surface area contributed by atoms with Gasteiger partial charge in [-0.1, -0.05) is 30.3 Å². The Hall–Kier alpha value is -2.09. The van der Waals surface area contributed by atoms with Crippen molar-refractivity contribution in [3.63, 3.8) is 0 Å². The lowest BCUT2D eigenvalue weighted by Gasteiger charge is -2.14. The molecule has 1 unspecified atom stereocenters. The first kappa shape index (κ1) is 15.8. The molecule has 1 aliphatic heterocycles. The molecule has 0 radical (unpaired) electrons. The standard InChI is InChI=1S/C16H16N4OS2/c1-9-7-11-13(23-9)8-12(21)15(19-16(22)20-17)18-14(11)10-5-3-2-4-6-10/h2-7,15H,8,17H2,1H3,(H2,19,20,22). The monoisotopic (exact) mass is 344 g/mol. The molecule has 2 aromatic rings. The number of carbonyl (C=O) groups is 1. The molecule has 1 aliphatic rings. The van der Waals surface area contributed by atoms with Crippen LogP contribution in [0.25, 0.3) is 0 Å². The average Bonchev–Trinajstić information content (AvgIpc) is 2.86. The Morgan fingerprint density at radius 3 is 2.83 bits per heavy atom. The molecule has 5 nitrogen and oxygen atoms in total. The van der Waals surface area contributed by atoms with Crippen LogP contribution in [0.4, 0.5) is 0 Å². The molecule has 7 heteroatoms. The van der Waals surface area contributed by atoms with Gasteiger partial charge in [-0.25, -0.2) is 5.84 Å². The summed E-state index contributed by atoms with van der Waals surface area (Å²) >= 11 is 6.64. The number of nitrogens with one attached hydrogen (secondary N) is 2. The normalized spacial score (nSPS) is 17.0. The minimum Gasteiger partial charge on any atom is -0.334 e. The Morgan fingerprint density at radius 2 is 2.13 bits per heavy atom. The van der Waals surface area contributed by atoms with E-state index >= 15 is 0 Å². The van der Waals surface area contributed by atoms with E-state index in [1.165, 1.54) is 0 Å². The third kappa shape index (κ3) is 3.31. The van der Waals surface area contributed by atoms with Crippen LogP contribution in [-0.2, 0) is 11.2 Å². The molecule has 0 amide bonds. The summed E-state index contributed by atoms with van der Waals surface area (Å²) in [4.78, 5) is 19.4. The number of fused-ring (bicyclic) bond motifs is 1. The first-order valence-corrected chi connectivity index (χ1v) is 8.33. The highest BCUT2D eigenvalue weighted by Gasteiger charge is 2.27. The molecule has 0 saturated carbocycles. The lowest BCUT2D eigenvalue weighted by Crippen LogP contribution is -2.47. The van der Waals surface area contributed by atoms with Crippen molar-refractivity contribution in [2.75, 3.05) is 0 Å². The molecule has 4 N–H and O–H groups in total. The Bertz CT molecular complexity index is 783. The van der Waals surface area contributed by atoms with E-state index in [1.807, 2.05) is 37.3 Å². The smallest absolute Gasteiger partial charge is 0.182 e. The molecule has 0 spiro atoms. The number of hydrazine groups is 1. The predicted octanol–water partition coefficient (Wildman–Crippen LogP) is 1.68. The van der Waals surface area contributed by atoms with Crippen LogP contribution in [0.15, 0.2) is 41.4 Å². The van der Waals surface area contributed by atoms with Gasteiger partial charge in [0.2, 0.25) is 0 Å². The predicted molar refractivity (Wildman–Crippen MR) is 96.7 cm³/mol. The average molecular weight is 344 g/mol. The number of benzene rings is 1. The highest BCUT2D eigenvalue weighted by Crippen LogP contribution is 2.28. The van der Waals surface area contributed by atoms with Crippen LogP contribution < -0.4 is 16.6 Å². The van der Waals surface area contributed by atoms with E-state index in [2.05, 4.69) is 21.8 Å². The molecular weight excluding hydrogens is 328 g/mol.